The van der Waals surface area contributed by atoms with Gasteiger partial charge in [-0.3, -0.25) is 21.6 Å². The van der Waals surface area contributed by atoms with Gasteiger partial charge < -0.3 is 38.7 Å². The van der Waals surface area contributed by atoms with Gasteiger partial charge in [-0.05, 0) is 68.1 Å². The third-order valence-corrected chi connectivity index (χ3v) is 12.0. The maximum absolute atomic E-state index is 13.5. The van der Waals surface area contributed by atoms with Gasteiger partial charge in [0.1, 0.15) is 41.7 Å². The van der Waals surface area contributed by atoms with E-state index in [2.05, 4.69) is 36.8 Å². The number of nitrogens with one attached hydrogen (secondary N) is 4. The van der Waals surface area contributed by atoms with Gasteiger partial charge in [0, 0.05) is 107 Å². The lowest BCUT2D eigenvalue weighted by Crippen LogP contribution is -2.41. The molecule has 3 fully saturated rings. The normalized spacial score (nSPS) is 15.1. The van der Waals surface area contributed by atoms with Gasteiger partial charge in [-0.25, -0.2) is 9.97 Å². The van der Waals surface area contributed by atoms with E-state index in [0.717, 1.165) is 85.2 Å². The summed E-state index contributed by atoms with van der Waals surface area (Å²) in [4.78, 5) is 17.2. The molecule has 5 heterocycles. The van der Waals surface area contributed by atoms with E-state index in [1.165, 1.54) is 34.3 Å². The predicted octanol–water partition coefficient (Wildman–Crippen LogP) is 7.87. The van der Waals surface area contributed by atoms with Gasteiger partial charge in [-0.2, -0.15) is 19.3 Å². The first-order valence-corrected chi connectivity index (χ1v) is 22.5. The Morgan fingerprint density at radius 1 is 0.701 bits per heavy atom. The maximum Gasteiger partial charge on any atom is 0.212 e. The number of benzene rings is 2. The molecular weight excluding hydrogens is 857 g/mol. The Labute approximate surface area is 392 Å². The number of hydrogen-bond acceptors (Lipinski definition) is 14. The molecule has 354 valence electrons. The standard InChI is InChI=1S/C24H28FN7O.C23H27FN6O2.C2H6/c1-30(16-27)24(28)17-6-8-32(9-7-17)23-19(18-2-5-22(25)29-15-18)3-4-21(20(23)14-26)31-10-12-33-13-11-31;1-29(15-26)23(27)16-7-9-30(10-8-16)22-18(17-3-6-21(24)28-14-17)4-5-20(19(22)13-25)32-12-11-31-2;1-2/h2-5,15-17,27-28H,6-13H2,1H3;3-6,14-16,26-27H,7-12H2,1-2H3;1-2H3. The van der Waals surface area contributed by atoms with Crippen LogP contribution in [0, 0.1) is 68.0 Å². The fourth-order valence-corrected chi connectivity index (χ4v) is 8.46. The van der Waals surface area contributed by atoms with Crippen molar-refractivity contribution in [1.29, 1.82) is 32.2 Å². The van der Waals surface area contributed by atoms with E-state index in [-0.39, 0.29) is 11.8 Å². The van der Waals surface area contributed by atoms with Gasteiger partial charge >= 0.3 is 0 Å². The lowest BCUT2D eigenvalue weighted by molar-refractivity contribution is 0.122. The van der Waals surface area contributed by atoms with E-state index in [0.29, 0.717) is 86.7 Å². The number of halogens is 2. The van der Waals surface area contributed by atoms with Crippen LogP contribution in [0.1, 0.15) is 50.7 Å². The molecule has 2 aromatic heterocycles. The molecular formula is C49H61F2N13O3. The molecule has 0 saturated carbocycles. The van der Waals surface area contributed by atoms with Crippen LogP contribution in [0.5, 0.6) is 5.75 Å². The van der Waals surface area contributed by atoms with E-state index in [1.54, 1.807) is 39.4 Å². The molecule has 16 nitrogen and oxygen atoms in total. The minimum atomic E-state index is -0.565. The molecule has 0 amide bonds. The first kappa shape index (κ1) is 51.0. The number of aromatic nitrogens is 2. The third-order valence-electron chi connectivity index (χ3n) is 12.0. The molecule has 0 bridgehead atoms. The third kappa shape index (κ3) is 12.5. The predicted molar refractivity (Wildman–Crippen MR) is 259 cm³/mol. The first-order valence-electron chi connectivity index (χ1n) is 22.5. The van der Waals surface area contributed by atoms with E-state index in [9.17, 15) is 19.3 Å². The van der Waals surface area contributed by atoms with Crippen LogP contribution in [0.15, 0.2) is 60.9 Å². The number of pyridine rings is 2. The monoisotopic (exact) mass is 917 g/mol. The van der Waals surface area contributed by atoms with Crippen LogP contribution in [-0.2, 0) is 9.47 Å². The van der Waals surface area contributed by atoms with Crippen LogP contribution >= 0.6 is 0 Å². The Hall–Kier alpha value is -7.02. The number of nitrogens with zero attached hydrogens (tertiary/aromatic N) is 9. The first-order chi connectivity index (χ1) is 32.5. The summed E-state index contributed by atoms with van der Waals surface area (Å²) in [7, 11) is 5.01. The van der Waals surface area contributed by atoms with E-state index in [1.807, 2.05) is 32.0 Å². The molecule has 3 saturated heterocycles. The van der Waals surface area contributed by atoms with Crippen LogP contribution in [0.25, 0.3) is 22.3 Å². The Kier molecular flexibility index (Phi) is 19.1. The Morgan fingerprint density at radius 2 is 1.16 bits per heavy atom. The van der Waals surface area contributed by atoms with Gasteiger partial charge in [-0.15, -0.1) is 0 Å². The van der Waals surface area contributed by atoms with Crippen molar-refractivity contribution >= 4 is 41.4 Å². The quantitative estimate of drug-likeness (QED) is 0.0437. The highest BCUT2D eigenvalue weighted by Crippen LogP contribution is 2.42. The molecule has 3 aliphatic heterocycles. The van der Waals surface area contributed by atoms with Crippen LogP contribution in [0.4, 0.5) is 25.8 Å². The highest BCUT2D eigenvalue weighted by molar-refractivity contribution is 5.92. The van der Waals surface area contributed by atoms with Crippen molar-refractivity contribution in [3.63, 3.8) is 0 Å². The van der Waals surface area contributed by atoms with Gasteiger partial charge in [-0.1, -0.05) is 19.9 Å². The molecule has 7 rings (SSSR count). The van der Waals surface area contributed by atoms with Crippen molar-refractivity contribution in [3.05, 3.63) is 83.9 Å². The number of amidine groups is 2. The Bertz CT molecular complexity index is 2380. The van der Waals surface area contributed by atoms with Gasteiger partial charge in [0.25, 0.3) is 0 Å². The average Bonchev–Trinajstić information content (AvgIpc) is 3.38. The molecule has 2 aromatic carbocycles. The van der Waals surface area contributed by atoms with Crippen LogP contribution in [0.3, 0.4) is 0 Å². The van der Waals surface area contributed by atoms with E-state index < -0.39 is 11.9 Å². The fourth-order valence-electron chi connectivity index (χ4n) is 8.46. The van der Waals surface area contributed by atoms with Crippen molar-refractivity contribution in [2.75, 3.05) is 102 Å². The molecule has 0 spiro atoms. The second-order valence-corrected chi connectivity index (χ2v) is 15.9. The summed E-state index contributed by atoms with van der Waals surface area (Å²) in [6.07, 6.45) is 8.22. The van der Waals surface area contributed by atoms with Crippen molar-refractivity contribution in [2.45, 2.75) is 39.5 Å². The van der Waals surface area contributed by atoms with Crippen molar-refractivity contribution in [2.24, 2.45) is 11.8 Å². The lowest BCUT2D eigenvalue weighted by atomic mass is 9.92. The number of piperidine rings is 2. The molecule has 67 heavy (non-hydrogen) atoms. The molecule has 3 aliphatic rings. The minimum absolute atomic E-state index is 0.0421. The smallest absolute Gasteiger partial charge is 0.212 e. The van der Waals surface area contributed by atoms with E-state index in [4.69, 9.17) is 35.8 Å². The number of anilines is 3. The van der Waals surface area contributed by atoms with Gasteiger partial charge in [0.15, 0.2) is 0 Å². The summed E-state index contributed by atoms with van der Waals surface area (Å²) in [6.45, 7) is 10.0. The summed E-state index contributed by atoms with van der Waals surface area (Å²) >= 11 is 0. The minimum Gasteiger partial charge on any atom is -0.490 e. The summed E-state index contributed by atoms with van der Waals surface area (Å²) in [6, 6.07) is 18.3. The molecule has 0 aliphatic carbocycles. The molecule has 18 heteroatoms. The van der Waals surface area contributed by atoms with Gasteiger partial charge in [0.05, 0.1) is 55.1 Å². The zero-order valence-electron chi connectivity index (χ0n) is 39.0. The molecule has 0 unspecified atom stereocenters. The molecule has 0 atom stereocenters. The van der Waals surface area contributed by atoms with Crippen LogP contribution in [-0.4, -0.2) is 131 Å². The zero-order chi connectivity index (χ0) is 48.5. The Balaban J connectivity index is 0.000000242. The van der Waals surface area contributed by atoms with Crippen molar-refractivity contribution in [3.8, 4) is 40.1 Å². The highest BCUT2D eigenvalue weighted by atomic mass is 19.1. The largest absolute Gasteiger partial charge is 0.490 e. The molecule has 4 aromatic rings. The molecule has 0 radical (unpaired) electrons. The SMILES string of the molecule is CC.CN(C=N)C(=N)C1CCN(c2c(-c3ccc(F)nc3)ccc(N3CCOCC3)c2C#N)CC1.COCCOc1ccc(-c2ccc(F)nc2)c(N2CCC(C(=N)N(C)C=N)CC2)c1C#N. The van der Waals surface area contributed by atoms with Crippen molar-refractivity contribution in [1.82, 2.24) is 19.8 Å². The van der Waals surface area contributed by atoms with Crippen LogP contribution in [0.2, 0.25) is 0 Å². The second kappa shape index (κ2) is 25.0. The second-order valence-electron chi connectivity index (χ2n) is 15.9. The topological polar surface area (TPSA) is 213 Å². The van der Waals surface area contributed by atoms with Gasteiger partial charge in [0.2, 0.25) is 11.9 Å². The Morgan fingerprint density at radius 3 is 1.58 bits per heavy atom. The number of methoxy groups -OCH3 is 1. The summed E-state index contributed by atoms with van der Waals surface area (Å²) in [5, 5.41) is 51.7. The number of hydrogen-bond donors (Lipinski definition) is 4. The highest BCUT2D eigenvalue weighted by Gasteiger charge is 2.31. The zero-order valence-corrected chi connectivity index (χ0v) is 39.0. The van der Waals surface area contributed by atoms with Crippen LogP contribution < -0.4 is 19.4 Å². The van der Waals surface area contributed by atoms with Crippen molar-refractivity contribution < 1.29 is 23.0 Å². The lowest BCUT2D eigenvalue weighted by Gasteiger charge is -2.38. The summed E-state index contributed by atoms with van der Waals surface area (Å²) < 4.78 is 43.2. The molecule has 4 N–H and O–H groups in total. The summed E-state index contributed by atoms with van der Waals surface area (Å²) in [5.41, 5.74) is 6.54. The number of nitriles is 2. The maximum atomic E-state index is 13.5. The summed E-state index contributed by atoms with van der Waals surface area (Å²) in [5.74, 6) is 0.328. The average molecular weight is 918 g/mol. The number of ether oxygens (including phenoxy) is 3. The van der Waals surface area contributed by atoms with E-state index >= 15 is 0 Å². The number of morpholine rings is 1. The number of rotatable bonds is 13. The fraction of sp³-hybridized carbons (Fsp3) is 0.429.